The van der Waals surface area contributed by atoms with Crippen molar-refractivity contribution in [2.75, 3.05) is 19.6 Å². The minimum absolute atomic E-state index is 0.112. The minimum Gasteiger partial charge on any atom is -0.336 e. The second-order valence-electron chi connectivity index (χ2n) is 5.44. The Morgan fingerprint density at radius 2 is 2.10 bits per heavy atom. The smallest absolute Gasteiger partial charge is 0.254 e. The Labute approximate surface area is 126 Å². The number of amides is 1. The van der Waals surface area contributed by atoms with E-state index in [0.29, 0.717) is 16.6 Å². The van der Waals surface area contributed by atoms with E-state index in [4.69, 9.17) is 11.6 Å². The Balaban J connectivity index is 2.18. The summed E-state index contributed by atoms with van der Waals surface area (Å²) in [7, 11) is 0. The molecule has 0 bridgehead atoms. The van der Waals surface area contributed by atoms with E-state index in [2.05, 4.69) is 12.2 Å². The summed E-state index contributed by atoms with van der Waals surface area (Å²) in [6.45, 7) is 6.87. The molecule has 1 fully saturated rings. The van der Waals surface area contributed by atoms with Crippen LogP contribution in [0.2, 0.25) is 5.02 Å². The van der Waals surface area contributed by atoms with Crippen molar-refractivity contribution in [2.45, 2.75) is 39.2 Å². The average Bonchev–Trinajstić information content (AvgIpc) is 2.48. The standard InChI is InChI=1S/C16H23ClN2O/c1-3-10-19(14-6-8-18-9-7-14)16(20)13-5-4-12(2)15(17)11-13/h4-5,11,14,18H,3,6-10H2,1-2H3. The molecule has 1 aliphatic rings. The van der Waals surface area contributed by atoms with Crippen molar-refractivity contribution in [3.05, 3.63) is 34.3 Å². The third-order valence-electron chi connectivity index (χ3n) is 3.89. The van der Waals surface area contributed by atoms with Crippen LogP contribution in [0.4, 0.5) is 0 Å². The maximum atomic E-state index is 12.7. The van der Waals surface area contributed by atoms with Crippen molar-refractivity contribution in [1.29, 1.82) is 0 Å². The number of hydrogen-bond donors (Lipinski definition) is 1. The van der Waals surface area contributed by atoms with Gasteiger partial charge in [-0.05, 0) is 57.0 Å². The number of aryl methyl sites for hydroxylation is 1. The van der Waals surface area contributed by atoms with Gasteiger partial charge in [-0.25, -0.2) is 0 Å². The first-order chi connectivity index (χ1) is 9.63. The number of hydrogen-bond acceptors (Lipinski definition) is 2. The Kier molecular flexibility index (Phi) is 5.44. The summed E-state index contributed by atoms with van der Waals surface area (Å²) in [4.78, 5) is 14.8. The van der Waals surface area contributed by atoms with Gasteiger partial charge in [-0.3, -0.25) is 4.79 Å². The van der Waals surface area contributed by atoms with E-state index < -0.39 is 0 Å². The van der Waals surface area contributed by atoms with E-state index in [1.807, 2.05) is 24.0 Å². The number of carbonyl (C=O) groups is 1. The minimum atomic E-state index is 0.112. The first-order valence-corrected chi connectivity index (χ1v) is 7.79. The first kappa shape index (κ1) is 15.3. The maximum Gasteiger partial charge on any atom is 0.254 e. The molecule has 1 N–H and O–H groups in total. The Morgan fingerprint density at radius 1 is 1.40 bits per heavy atom. The monoisotopic (exact) mass is 294 g/mol. The van der Waals surface area contributed by atoms with E-state index in [0.717, 1.165) is 44.5 Å². The van der Waals surface area contributed by atoms with Crippen molar-refractivity contribution in [3.63, 3.8) is 0 Å². The largest absolute Gasteiger partial charge is 0.336 e. The molecule has 0 spiro atoms. The van der Waals surface area contributed by atoms with E-state index in [1.54, 1.807) is 6.07 Å². The summed E-state index contributed by atoms with van der Waals surface area (Å²) in [5.41, 5.74) is 1.71. The van der Waals surface area contributed by atoms with Gasteiger partial charge < -0.3 is 10.2 Å². The fraction of sp³-hybridized carbons (Fsp3) is 0.562. The molecule has 20 heavy (non-hydrogen) atoms. The number of rotatable bonds is 4. The van der Waals surface area contributed by atoms with Crippen molar-refractivity contribution in [1.82, 2.24) is 10.2 Å². The molecule has 3 nitrogen and oxygen atoms in total. The third-order valence-corrected chi connectivity index (χ3v) is 4.30. The summed E-state index contributed by atoms with van der Waals surface area (Å²) in [5.74, 6) is 0.112. The third kappa shape index (κ3) is 3.53. The van der Waals surface area contributed by atoms with Crippen molar-refractivity contribution in [3.8, 4) is 0 Å². The van der Waals surface area contributed by atoms with Gasteiger partial charge in [0.05, 0.1) is 0 Å². The van der Waals surface area contributed by atoms with Gasteiger partial charge in [0.1, 0.15) is 0 Å². The molecule has 0 unspecified atom stereocenters. The van der Waals surface area contributed by atoms with Crippen LogP contribution in [0, 0.1) is 6.92 Å². The highest BCUT2D eigenvalue weighted by molar-refractivity contribution is 6.31. The lowest BCUT2D eigenvalue weighted by Gasteiger charge is -2.34. The van der Waals surface area contributed by atoms with Crippen LogP contribution < -0.4 is 5.32 Å². The first-order valence-electron chi connectivity index (χ1n) is 7.41. The number of nitrogens with zero attached hydrogens (tertiary/aromatic N) is 1. The van der Waals surface area contributed by atoms with E-state index >= 15 is 0 Å². The van der Waals surface area contributed by atoms with Gasteiger partial charge in [0.2, 0.25) is 0 Å². The van der Waals surface area contributed by atoms with Gasteiger partial charge in [-0.15, -0.1) is 0 Å². The topological polar surface area (TPSA) is 32.3 Å². The van der Waals surface area contributed by atoms with Crippen LogP contribution in [-0.2, 0) is 0 Å². The van der Waals surface area contributed by atoms with Crippen LogP contribution >= 0.6 is 11.6 Å². The zero-order chi connectivity index (χ0) is 14.5. The molecule has 0 aliphatic carbocycles. The van der Waals surface area contributed by atoms with Gasteiger partial charge in [-0.1, -0.05) is 24.6 Å². The van der Waals surface area contributed by atoms with Gasteiger partial charge in [-0.2, -0.15) is 0 Å². The fourth-order valence-electron chi connectivity index (χ4n) is 2.70. The van der Waals surface area contributed by atoms with E-state index in [1.165, 1.54) is 0 Å². The van der Waals surface area contributed by atoms with Crippen LogP contribution in [0.15, 0.2) is 18.2 Å². The Bertz CT molecular complexity index is 470. The molecule has 1 heterocycles. The highest BCUT2D eigenvalue weighted by Crippen LogP contribution is 2.21. The van der Waals surface area contributed by atoms with Crippen molar-refractivity contribution < 1.29 is 4.79 Å². The fourth-order valence-corrected chi connectivity index (χ4v) is 2.88. The molecule has 1 aromatic carbocycles. The number of carbonyl (C=O) groups excluding carboxylic acids is 1. The van der Waals surface area contributed by atoms with Crippen LogP contribution in [0.3, 0.4) is 0 Å². The molecule has 0 saturated carbocycles. The maximum absolute atomic E-state index is 12.7. The lowest BCUT2D eigenvalue weighted by Crippen LogP contribution is -2.46. The predicted molar refractivity (Wildman–Crippen MR) is 83.4 cm³/mol. The summed E-state index contributed by atoms with van der Waals surface area (Å²) in [6.07, 6.45) is 3.05. The number of piperidine rings is 1. The molecule has 1 aliphatic heterocycles. The molecule has 1 aromatic rings. The highest BCUT2D eigenvalue weighted by Gasteiger charge is 2.25. The summed E-state index contributed by atoms with van der Waals surface area (Å²) in [5, 5.41) is 4.01. The summed E-state index contributed by atoms with van der Waals surface area (Å²) in [6, 6.07) is 5.95. The van der Waals surface area contributed by atoms with Crippen LogP contribution in [0.25, 0.3) is 0 Å². The highest BCUT2D eigenvalue weighted by atomic mass is 35.5. The van der Waals surface area contributed by atoms with Crippen molar-refractivity contribution >= 4 is 17.5 Å². The van der Waals surface area contributed by atoms with Gasteiger partial charge in [0.15, 0.2) is 0 Å². The normalized spacial score (nSPS) is 16.1. The Morgan fingerprint density at radius 3 is 2.70 bits per heavy atom. The second kappa shape index (κ2) is 7.09. The lowest BCUT2D eigenvalue weighted by atomic mass is 10.0. The van der Waals surface area contributed by atoms with Crippen molar-refractivity contribution in [2.24, 2.45) is 0 Å². The van der Waals surface area contributed by atoms with Crippen LogP contribution in [-0.4, -0.2) is 36.5 Å². The number of benzene rings is 1. The zero-order valence-electron chi connectivity index (χ0n) is 12.3. The van der Waals surface area contributed by atoms with Crippen LogP contribution in [0.1, 0.15) is 42.1 Å². The quantitative estimate of drug-likeness (QED) is 0.924. The molecule has 1 saturated heterocycles. The molecule has 0 atom stereocenters. The van der Waals surface area contributed by atoms with Crippen LogP contribution in [0.5, 0.6) is 0 Å². The SMILES string of the molecule is CCCN(C(=O)c1ccc(C)c(Cl)c1)C1CCNCC1. The number of nitrogens with one attached hydrogen (secondary N) is 1. The molecular formula is C16H23ClN2O. The lowest BCUT2D eigenvalue weighted by molar-refractivity contribution is 0.0642. The summed E-state index contributed by atoms with van der Waals surface area (Å²) < 4.78 is 0. The second-order valence-corrected chi connectivity index (χ2v) is 5.85. The summed E-state index contributed by atoms with van der Waals surface area (Å²) >= 11 is 6.14. The molecule has 0 radical (unpaired) electrons. The molecule has 0 aromatic heterocycles. The average molecular weight is 295 g/mol. The van der Waals surface area contributed by atoms with Gasteiger partial charge >= 0.3 is 0 Å². The predicted octanol–water partition coefficient (Wildman–Crippen LogP) is 3.25. The molecule has 1 amide bonds. The molecule has 2 rings (SSSR count). The number of halogens is 1. The van der Waals surface area contributed by atoms with E-state index in [-0.39, 0.29) is 5.91 Å². The molecular weight excluding hydrogens is 272 g/mol. The van der Waals surface area contributed by atoms with Gasteiger partial charge in [0.25, 0.3) is 5.91 Å². The zero-order valence-corrected chi connectivity index (χ0v) is 13.0. The Hall–Kier alpha value is -1.06. The van der Waals surface area contributed by atoms with Gasteiger partial charge in [0, 0.05) is 23.2 Å². The molecule has 4 heteroatoms. The van der Waals surface area contributed by atoms with E-state index in [9.17, 15) is 4.79 Å². The molecule has 110 valence electrons.